The largest absolute Gasteiger partial charge is 0.442 e. The highest BCUT2D eigenvalue weighted by Crippen LogP contribution is 2.29. The first kappa shape index (κ1) is 20.2. The average molecular weight is 421 g/mol. The highest BCUT2D eigenvalue weighted by Gasteiger charge is 2.36. The zero-order valence-corrected chi connectivity index (χ0v) is 17.7. The van der Waals surface area contributed by atoms with Crippen molar-refractivity contribution in [3.05, 3.63) is 23.9 Å². The van der Waals surface area contributed by atoms with Crippen LogP contribution < -0.4 is 0 Å². The number of hydrogen-bond donors (Lipinski definition) is 1. The van der Waals surface area contributed by atoms with Gasteiger partial charge in [0.2, 0.25) is 11.0 Å². The number of furan rings is 1. The summed E-state index contributed by atoms with van der Waals surface area (Å²) in [6, 6.07) is 4.89. The molecule has 0 spiro atoms. The summed E-state index contributed by atoms with van der Waals surface area (Å²) in [5.74, 6) is 1.18. The van der Waals surface area contributed by atoms with Crippen molar-refractivity contribution in [1.82, 2.24) is 19.4 Å². The number of carbonyl (C=O) groups is 1. The zero-order chi connectivity index (χ0) is 20.6. The third-order valence-corrected chi connectivity index (χ3v) is 7.81. The lowest BCUT2D eigenvalue weighted by molar-refractivity contribution is -0.138. The predicted molar refractivity (Wildman–Crippen MR) is 107 cm³/mol. The van der Waals surface area contributed by atoms with E-state index in [1.165, 1.54) is 10.4 Å². The molecule has 2 aromatic rings. The van der Waals surface area contributed by atoms with E-state index in [1.807, 2.05) is 11.8 Å². The van der Waals surface area contributed by atoms with Gasteiger partial charge in [-0.15, -0.1) is 0 Å². The molecule has 0 saturated carbocycles. The maximum Gasteiger partial charge on any atom is 0.276 e. The zero-order valence-electron chi connectivity index (χ0n) is 16.9. The van der Waals surface area contributed by atoms with E-state index < -0.39 is 10.0 Å². The maximum atomic E-state index is 13.0. The van der Waals surface area contributed by atoms with E-state index in [2.05, 4.69) is 17.1 Å². The Morgan fingerprint density at radius 2 is 1.83 bits per heavy atom. The number of H-pyrrole nitrogens is 1. The molecular weight excluding hydrogens is 392 g/mol. The Bertz CT molecular complexity index is 964. The van der Waals surface area contributed by atoms with Gasteiger partial charge in [-0.3, -0.25) is 9.89 Å². The molecule has 2 aliphatic heterocycles. The number of likely N-dealkylation sites (tertiary alicyclic amines) is 1. The lowest BCUT2D eigenvalue weighted by Gasteiger charge is -2.36. The second-order valence-corrected chi connectivity index (χ2v) is 10.1. The van der Waals surface area contributed by atoms with Gasteiger partial charge in [0.15, 0.2) is 5.76 Å². The molecule has 0 aromatic carbocycles. The monoisotopic (exact) mass is 420 g/mol. The van der Waals surface area contributed by atoms with Crippen molar-refractivity contribution in [3.63, 3.8) is 0 Å². The van der Waals surface area contributed by atoms with Crippen molar-refractivity contribution in [1.29, 1.82) is 0 Å². The van der Waals surface area contributed by atoms with Crippen LogP contribution in [0.4, 0.5) is 0 Å². The van der Waals surface area contributed by atoms with E-state index >= 15 is 0 Å². The van der Waals surface area contributed by atoms with Gasteiger partial charge in [-0.2, -0.15) is 9.40 Å². The minimum atomic E-state index is -3.72. The minimum Gasteiger partial charge on any atom is -0.442 e. The highest BCUT2D eigenvalue weighted by atomic mass is 32.2. The quantitative estimate of drug-likeness (QED) is 0.820. The van der Waals surface area contributed by atoms with Gasteiger partial charge in [-0.25, -0.2) is 8.42 Å². The van der Waals surface area contributed by atoms with E-state index in [-0.39, 0.29) is 16.9 Å². The highest BCUT2D eigenvalue weighted by molar-refractivity contribution is 7.89. The summed E-state index contributed by atoms with van der Waals surface area (Å²) in [5.41, 5.74) is 1.44. The molecule has 2 fully saturated rings. The number of nitrogens with one attached hydrogen (secondary N) is 1. The van der Waals surface area contributed by atoms with E-state index in [0.29, 0.717) is 43.3 Å². The van der Waals surface area contributed by atoms with Crippen molar-refractivity contribution in [2.45, 2.75) is 44.6 Å². The maximum absolute atomic E-state index is 13.0. The Balaban J connectivity index is 1.39. The number of sulfonamides is 1. The summed E-state index contributed by atoms with van der Waals surface area (Å²) in [4.78, 5) is 14.7. The summed E-state index contributed by atoms with van der Waals surface area (Å²) in [6.45, 7) is 6.40. The normalized spacial score (nSPS) is 20.3. The molecule has 0 bridgehead atoms. The van der Waals surface area contributed by atoms with E-state index in [9.17, 15) is 13.2 Å². The number of amides is 1. The van der Waals surface area contributed by atoms with Crippen molar-refractivity contribution in [3.8, 4) is 11.5 Å². The Morgan fingerprint density at radius 1 is 1.14 bits per heavy atom. The standard InChI is InChI=1S/C20H28N4O4S/c1-14-5-9-23(10-6-14)20(25)16-7-11-24(12-8-16)29(26,27)19-4-3-18(28-19)17-13-15(2)21-22-17/h3-4,13-14,16H,5-12H2,1-2H3,(H,21,22). The number of piperidine rings is 2. The van der Waals surface area contributed by atoms with Gasteiger partial charge in [-0.1, -0.05) is 6.92 Å². The summed E-state index contributed by atoms with van der Waals surface area (Å²) in [6.07, 6.45) is 3.21. The fourth-order valence-electron chi connectivity index (χ4n) is 4.10. The van der Waals surface area contributed by atoms with Crippen molar-refractivity contribution in [2.75, 3.05) is 26.2 Å². The predicted octanol–water partition coefficient (Wildman–Crippen LogP) is 2.64. The third kappa shape index (κ3) is 4.11. The summed E-state index contributed by atoms with van der Waals surface area (Å²) in [5, 5.41) is 6.84. The van der Waals surface area contributed by atoms with Crippen LogP contribution in [0.2, 0.25) is 0 Å². The first-order valence-electron chi connectivity index (χ1n) is 10.3. The van der Waals surface area contributed by atoms with Crippen LogP contribution in [0.5, 0.6) is 0 Å². The number of carbonyl (C=O) groups excluding carboxylic acids is 1. The molecule has 158 valence electrons. The topological polar surface area (TPSA) is 99.5 Å². The van der Waals surface area contributed by atoms with Crippen LogP contribution in [0, 0.1) is 18.8 Å². The smallest absolute Gasteiger partial charge is 0.276 e. The number of hydrogen-bond acceptors (Lipinski definition) is 5. The van der Waals surface area contributed by atoms with Crippen LogP contribution in [0.3, 0.4) is 0 Å². The van der Waals surface area contributed by atoms with Crippen LogP contribution in [0.25, 0.3) is 11.5 Å². The second-order valence-electron chi connectivity index (χ2n) is 8.24. The van der Waals surface area contributed by atoms with E-state index in [0.717, 1.165) is 31.6 Å². The molecule has 8 nitrogen and oxygen atoms in total. The summed E-state index contributed by atoms with van der Waals surface area (Å²) in [7, 11) is -3.72. The van der Waals surface area contributed by atoms with Gasteiger partial charge in [-0.05, 0) is 56.7 Å². The van der Waals surface area contributed by atoms with Gasteiger partial charge in [0, 0.05) is 37.8 Å². The van der Waals surface area contributed by atoms with Crippen LogP contribution in [-0.2, 0) is 14.8 Å². The molecule has 0 atom stereocenters. The molecule has 2 aliphatic rings. The SMILES string of the molecule is Cc1cc(-c2ccc(S(=O)(=O)N3CCC(C(=O)N4CCC(C)CC4)CC3)o2)n[nH]1. The molecule has 1 N–H and O–H groups in total. The molecule has 0 unspecified atom stereocenters. The molecule has 29 heavy (non-hydrogen) atoms. The molecule has 4 heterocycles. The molecule has 2 aromatic heterocycles. The van der Waals surface area contributed by atoms with E-state index in [1.54, 1.807) is 12.1 Å². The van der Waals surface area contributed by atoms with Gasteiger partial charge >= 0.3 is 0 Å². The van der Waals surface area contributed by atoms with Gasteiger partial charge in [0.1, 0.15) is 5.69 Å². The van der Waals surface area contributed by atoms with Crippen molar-refractivity contribution in [2.24, 2.45) is 11.8 Å². The molecule has 2 saturated heterocycles. The Labute approximate surface area is 171 Å². The average Bonchev–Trinajstić information content (AvgIpc) is 3.37. The first-order chi connectivity index (χ1) is 13.8. The molecule has 4 rings (SSSR count). The van der Waals surface area contributed by atoms with Crippen LogP contribution in [-0.4, -0.2) is 59.9 Å². The lowest BCUT2D eigenvalue weighted by Crippen LogP contribution is -2.46. The Hall–Kier alpha value is -2.13. The van der Waals surface area contributed by atoms with Crippen LogP contribution in [0.15, 0.2) is 27.7 Å². The van der Waals surface area contributed by atoms with E-state index in [4.69, 9.17) is 4.42 Å². The molecule has 9 heteroatoms. The van der Waals surface area contributed by atoms with Gasteiger partial charge < -0.3 is 9.32 Å². The number of nitrogens with zero attached hydrogens (tertiary/aromatic N) is 3. The second kappa shape index (κ2) is 7.95. The number of aromatic nitrogens is 2. The summed E-state index contributed by atoms with van der Waals surface area (Å²) >= 11 is 0. The number of aromatic amines is 1. The number of rotatable bonds is 4. The fourth-order valence-corrected chi connectivity index (χ4v) is 5.48. The summed E-state index contributed by atoms with van der Waals surface area (Å²) < 4.78 is 32.9. The van der Waals surface area contributed by atoms with Gasteiger partial charge in [0.25, 0.3) is 10.0 Å². The molecule has 1 amide bonds. The molecule has 0 aliphatic carbocycles. The van der Waals surface area contributed by atoms with Crippen molar-refractivity contribution < 1.29 is 17.6 Å². The fraction of sp³-hybridized carbons (Fsp3) is 0.600. The first-order valence-corrected chi connectivity index (χ1v) is 11.7. The Kier molecular flexibility index (Phi) is 5.52. The lowest BCUT2D eigenvalue weighted by atomic mass is 9.93. The third-order valence-electron chi connectivity index (χ3n) is 6.03. The minimum absolute atomic E-state index is 0.0806. The van der Waals surface area contributed by atoms with Crippen LogP contribution in [0.1, 0.15) is 38.3 Å². The number of aryl methyl sites for hydroxylation is 1. The Morgan fingerprint density at radius 3 is 2.45 bits per heavy atom. The van der Waals surface area contributed by atoms with Crippen molar-refractivity contribution >= 4 is 15.9 Å². The van der Waals surface area contributed by atoms with Gasteiger partial charge in [0.05, 0.1) is 0 Å². The van der Waals surface area contributed by atoms with Crippen LogP contribution >= 0.6 is 0 Å². The molecular formula is C20H28N4O4S. The molecule has 0 radical (unpaired) electrons.